The minimum Gasteiger partial charge on any atom is -0.315 e. The van der Waals surface area contributed by atoms with Gasteiger partial charge in [0.1, 0.15) is 0 Å². The molecule has 1 saturated heterocycles. The van der Waals surface area contributed by atoms with Crippen LogP contribution < -0.4 is 5.73 Å². The van der Waals surface area contributed by atoms with Gasteiger partial charge in [-0.1, -0.05) is 37.3 Å². The lowest BCUT2D eigenvalue weighted by atomic mass is 9.99. The smallest absolute Gasteiger partial charge is 0.219 e. The zero-order valence-corrected chi connectivity index (χ0v) is 11.4. The summed E-state index contributed by atoms with van der Waals surface area (Å²) in [5, 5.41) is 0. The molecule has 0 bridgehead atoms. The summed E-state index contributed by atoms with van der Waals surface area (Å²) in [6.45, 7) is 2.55. The van der Waals surface area contributed by atoms with Gasteiger partial charge in [0.25, 0.3) is 0 Å². The molecule has 0 aliphatic carbocycles. The monoisotopic (exact) mass is 268 g/mol. The Hall–Kier alpha value is -0.910. The standard InChI is InChI=1S/C13H20N2O2S/c1-11-6-5-9-15(13(11)14)18(16,17)10-12-7-3-2-4-8-12/h2-4,7-8,11,13H,5-6,9-10,14H2,1H3. The molecule has 1 aliphatic heterocycles. The molecule has 1 aromatic carbocycles. The average molecular weight is 268 g/mol. The molecule has 0 radical (unpaired) electrons. The van der Waals surface area contributed by atoms with E-state index in [1.54, 1.807) is 0 Å². The highest BCUT2D eigenvalue weighted by molar-refractivity contribution is 7.88. The Kier molecular flexibility index (Phi) is 4.04. The van der Waals surface area contributed by atoms with Gasteiger partial charge in [0.15, 0.2) is 0 Å². The summed E-state index contributed by atoms with van der Waals surface area (Å²) in [4.78, 5) is 0. The lowest BCUT2D eigenvalue weighted by molar-refractivity contribution is 0.192. The maximum Gasteiger partial charge on any atom is 0.219 e. The first-order chi connectivity index (χ1) is 8.50. The van der Waals surface area contributed by atoms with Crippen molar-refractivity contribution in [3.8, 4) is 0 Å². The third-order valence-corrected chi connectivity index (χ3v) is 5.34. The number of nitrogens with zero attached hydrogens (tertiary/aromatic N) is 1. The van der Waals surface area contributed by atoms with E-state index in [2.05, 4.69) is 0 Å². The summed E-state index contributed by atoms with van der Waals surface area (Å²) in [7, 11) is -3.31. The van der Waals surface area contributed by atoms with E-state index in [1.165, 1.54) is 4.31 Å². The van der Waals surface area contributed by atoms with Crippen LogP contribution in [-0.2, 0) is 15.8 Å². The van der Waals surface area contributed by atoms with Crippen LogP contribution in [0.5, 0.6) is 0 Å². The molecule has 1 fully saturated rings. The van der Waals surface area contributed by atoms with Crippen molar-refractivity contribution in [3.05, 3.63) is 35.9 Å². The summed E-state index contributed by atoms with van der Waals surface area (Å²) < 4.78 is 26.2. The number of benzene rings is 1. The Bertz CT molecular complexity index is 487. The van der Waals surface area contributed by atoms with Crippen LogP contribution in [0.15, 0.2) is 30.3 Å². The molecule has 0 aromatic heterocycles. The minimum absolute atomic E-state index is 0.0360. The molecule has 5 heteroatoms. The van der Waals surface area contributed by atoms with Crippen molar-refractivity contribution in [2.45, 2.75) is 31.7 Å². The van der Waals surface area contributed by atoms with Crippen molar-refractivity contribution in [1.82, 2.24) is 4.31 Å². The largest absolute Gasteiger partial charge is 0.315 e. The van der Waals surface area contributed by atoms with Crippen molar-refractivity contribution >= 4 is 10.0 Å². The molecule has 1 aliphatic rings. The van der Waals surface area contributed by atoms with Crippen LogP contribution in [-0.4, -0.2) is 25.4 Å². The highest BCUT2D eigenvalue weighted by Crippen LogP contribution is 2.24. The second-order valence-electron chi connectivity index (χ2n) is 4.96. The Balaban J connectivity index is 2.16. The molecule has 2 atom stereocenters. The van der Waals surface area contributed by atoms with E-state index in [9.17, 15) is 8.42 Å². The number of piperidine rings is 1. The van der Waals surface area contributed by atoms with Gasteiger partial charge in [-0.25, -0.2) is 8.42 Å². The lowest BCUT2D eigenvalue weighted by Gasteiger charge is -2.36. The number of hydrogen-bond acceptors (Lipinski definition) is 3. The number of rotatable bonds is 3. The van der Waals surface area contributed by atoms with Gasteiger partial charge in [-0.05, 0) is 24.3 Å². The summed E-state index contributed by atoms with van der Waals surface area (Å²) in [6.07, 6.45) is 1.51. The zero-order valence-electron chi connectivity index (χ0n) is 10.6. The van der Waals surface area contributed by atoms with Gasteiger partial charge >= 0.3 is 0 Å². The van der Waals surface area contributed by atoms with Gasteiger partial charge in [0.2, 0.25) is 10.0 Å². The Morgan fingerprint density at radius 2 is 2.00 bits per heavy atom. The van der Waals surface area contributed by atoms with Crippen LogP contribution in [0.4, 0.5) is 0 Å². The van der Waals surface area contributed by atoms with Crippen LogP contribution in [0.1, 0.15) is 25.3 Å². The number of sulfonamides is 1. The number of hydrogen-bond donors (Lipinski definition) is 1. The molecule has 4 nitrogen and oxygen atoms in total. The highest BCUT2D eigenvalue weighted by atomic mass is 32.2. The van der Waals surface area contributed by atoms with Gasteiger partial charge in [-0.15, -0.1) is 0 Å². The highest BCUT2D eigenvalue weighted by Gasteiger charge is 2.33. The topological polar surface area (TPSA) is 63.4 Å². The molecule has 18 heavy (non-hydrogen) atoms. The van der Waals surface area contributed by atoms with Crippen LogP contribution in [0, 0.1) is 5.92 Å². The quantitative estimate of drug-likeness (QED) is 0.904. The van der Waals surface area contributed by atoms with E-state index in [0.717, 1.165) is 18.4 Å². The third-order valence-electron chi connectivity index (χ3n) is 3.50. The lowest BCUT2D eigenvalue weighted by Crippen LogP contribution is -2.52. The molecule has 1 heterocycles. The van der Waals surface area contributed by atoms with E-state index in [-0.39, 0.29) is 17.8 Å². The summed E-state index contributed by atoms with van der Waals surface area (Å²) in [5.74, 6) is 0.262. The normalized spacial score (nSPS) is 26.1. The van der Waals surface area contributed by atoms with Crippen molar-refractivity contribution in [1.29, 1.82) is 0 Å². The minimum atomic E-state index is -3.31. The predicted molar refractivity (Wildman–Crippen MR) is 72.1 cm³/mol. The SMILES string of the molecule is CC1CCCN(S(=O)(=O)Cc2ccccc2)C1N. The van der Waals surface area contributed by atoms with Gasteiger partial charge in [-0.3, -0.25) is 0 Å². The van der Waals surface area contributed by atoms with Crippen LogP contribution in [0.3, 0.4) is 0 Å². The van der Waals surface area contributed by atoms with Crippen molar-refractivity contribution in [3.63, 3.8) is 0 Å². The third kappa shape index (κ3) is 2.91. The maximum atomic E-state index is 12.4. The van der Waals surface area contributed by atoms with Crippen molar-refractivity contribution < 1.29 is 8.42 Å². The van der Waals surface area contributed by atoms with Crippen molar-refractivity contribution in [2.24, 2.45) is 11.7 Å². The predicted octanol–water partition coefficient (Wildman–Crippen LogP) is 1.53. The van der Waals surface area contributed by atoms with E-state index in [0.29, 0.717) is 6.54 Å². The zero-order chi connectivity index (χ0) is 13.2. The average Bonchev–Trinajstić information content (AvgIpc) is 2.33. The van der Waals surface area contributed by atoms with Crippen molar-refractivity contribution in [2.75, 3.05) is 6.54 Å². The van der Waals surface area contributed by atoms with Gasteiger partial charge in [0.05, 0.1) is 11.9 Å². The van der Waals surface area contributed by atoms with Gasteiger partial charge < -0.3 is 5.73 Å². The van der Waals surface area contributed by atoms with Gasteiger partial charge in [-0.2, -0.15) is 4.31 Å². The Morgan fingerprint density at radius 1 is 1.33 bits per heavy atom. The Morgan fingerprint density at radius 3 is 2.67 bits per heavy atom. The van der Waals surface area contributed by atoms with E-state index >= 15 is 0 Å². The molecule has 2 N–H and O–H groups in total. The fourth-order valence-electron chi connectivity index (χ4n) is 2.37. The molecule has 0 spiro atoms. The molecule has 0 amide bonds. The maximum absolute atomic E-state index is 12.4. The second kappa shape index (κ2) is 5.38. The van der Waals surface area contributed by atoms with E-state index in [4.69, 9.17) is 5.73 Å². The molecule has 100 valence electrons. The molecule has 2 unspecified atom stereocenters. The molecular weight excluding hydrogens is 248 g/mol. The van der Waals surface area contributed by atoms with Crippen LogP contribution in [0.25, 0.3) is 0 Å². The van der Waals surface area contributed by atoms with Crippen LogP contribution in [0.2, 0.25) is 0 Å². The van der Waals surface area contributed by atoms with E-state index < -0.39 is 10.0 Å². The molecule has 2 rings (SSSR count). The van der Waals surface area contributed by atoms with Gasteiger partial charge in [0, 0.05) is 6.54 Å². The fourth-order valence-corrected chi connectivity index (χ4v) is 4.13. The summed E-state index contributed by atoms with van der Waals surface area (Å²) >= 11 is 0. The molecular formula is C13H20N2O2S. The fraction of sp³-hybridized carbons (Fsp3) is 0.538. The molecule has 1 aromatic rings. The van der Waals surface area contributed by atoms with E-state index in [1.807, 2.05) is 37.3 Å². The summed E-state index contributed by atoms with van der Waals surface area (Å²) in [6, 6.07) is 9.24. The molecule has 0 saturated carbocycles. The van der Waals surface area contributed by atoms with Crippen LogP contribution >= 0.6 is 0 Å². The summed E-state index contributed by atoms with van der Waals surface area (Å²) in [5.41, 5.74) is 6.82. The number of nitrogens with two attached hydrogens (primary N) is 1. The first-order valence-corrected chi connectivity index (χ1v) is 7.90. The second-order valence-corrected chi connectivity index (χ2v) is 6.88. The first kappa shape index (κ1) is 13.5. The first-order valence-electron chi connectivity index (χ1n) is 6.30. The Labute approximate surface area is 109 Å².